The molecule has 3 aromatic rings. The van der Waals surface area contributed by atoms with Crippen molar-refractivity contribution in [2.45, 2.75) is 31.5 Å². The SMILES string of the molecule is O[C@H]1CN(c2cc(Nc3cc(F)cc(F)c3)ncn2)CC[C@@H]1N1CCc2ccccc2C1. The van der Waals surface area contributed by atoms with Crippen LogP contribution in [-0.2, 0) is 13.0 Å². The quantitative estimate of drug-likeness (QED) is 0.652. The number of β-amino-alcohol motifs (C(OH)–C–C–N with tert-alkyl or cyclic N) is 1. The number of rotatable bonds is 4. The average Bonchev–Trinajstić information content (AvgIpc) is 2.78. The smallest absolute Gasteiger partial charge is 0.135 e. The van der Waals surface area contributed by atoms with Gasteiger partial charge in [0, 0.05) is 50.0 Å². The average molecular weight is 437 g/mol. The Bertz CT molecular complexity index is 1090. The van der Waals surface area contributed by atoms with E-state index in [9.17, 15) is 13.9 Å². The Morgan fingerprint density at radius 1 is 0.969 bits per heavy atom. The number of aliphatic hydroxyl groups is 1. The Kier molecular flexibility index (Phi) is 5.71. The molecule has 2 atom stereocenters. The number of fused-ring (bicyclic) bond motifs is 1. The van der Waals surface area contributed by atoms with E-state index in [4.69, 9.17) is 0 Å². The number of piperidine rings is 1. The first-order valence-electron chi connectivity index (χ1n) is 10.8. The van der Waals surface area contributed by atoms with Gasteiger partial charge >= 0.3 is 0 Å². The molecule has 1 aromatic heterocycles. The van der Waals surface area contributed by atoms with Crippen LogP contribution in [0.25, 0.3) is 0 Å². The van der Waals surface area contributed by atoms with E-state index in [1.165, 1.54) is 29.6 Å². The van der Waals surface area contributed by atoms with Crippen LogP contribution in [0.4, 0.5) is 26.1 Å². The molecule has 2 aliphatic heterocycles. The molecule has 2 aliphatic rings. The molecule has 1 fully saturated rings. The number of aromatic nitrogens is 2. The van der Waals surface area contributed by atoms with E-state index >= 15 is 0 Å². The lowest BCUT2D eigenvalue weighted by Gasteiger charge is -2.43. The molecule has 32 heavy (non-hydrogen) atoms. The van der Waals surface area contributed by atoms with E-state index in [0.29, 0.717) is 18.2 Å². The predicted molar refractivity (Wildman–Crippen MR) is 119 cm³/mol. The van der Waals surface area contributed by atoms with Gasteiger partial charge in [-0.3, -0.25) is 4.90 Å². The summed E-state index contributed by atoms with van der Waals surface area (Å²) < 4.78 is 26.9. The first-order chi connectivity index (χ1) is 15.5. The second-order valence-electron chi connectivity index (χ2n) is 8.40. The van der Waals surface area contributed by atoms with Crippen molar-refractivity contribution in [3.8, 4) is 0 Å². The molecule has 5 rings (SSSR count). The molecule has 1 saturated heterocycles. The highest BCUT2D eigenvalue weighted by Gasteiger charge is 2.34. The van der Waals surface area contributed by atoms with Crippen molar-refractivity contribution in [1.82, 2.24) is 14.9 Å². The molecular formula is C24H25F2N5O. The molecule has 0 amide bonds. The van der Waals surface area contributed by atoms with E-state index in [2.05, 4.69) is 44.5 Å². The number of nitrogens with zero attached hydrogens (tertiary/aromatic N) is 4. The second-order valence-corrected chi connectivity index (χ2v) is 8.40. The summed E-state index contributed by atoms with van der Waals surface area (Å²) in [5, 5.41) is 13.9. The van der Waals surface area contributed by atoms with Crippen LogP contribution >= 0.6 is 0 Å². The number of hydrogen-bond acceptors (Lipinski definition) is 6. The van der Waals surface area contributed by atoms with Crippen molar-refractivity contribution < 1.29 is 13.9 Å². The van der Waals surface area contributed by atoms with Crippen LogP contribution in [0.3, 0.4) is 0 Å². The van der Waals surface area contributed by atoms with Crippen LogP contribution in [-0.4, -0.2) is 51.8 Å². The van der Waals surface area contributed by atoms with Crippen LogP contribution in [0.1, 0.15) is 17.5 Å². The maximum atomic E-state index is 13.5. The fraction of sp³-hybridized carbons (Fsp3) is 0.333. The maximum Gasteiger partial charge on any atom is 0.135 e. The molecular weight excluding hydrogens is 412 g/mol. The Labute approximate surface area is 185 Å². The summed E-state index contributed by atoms with van der Waals surface area (Å²) in [6, 6.07) is 13.6. The summed E-state index contributed by atoms with van der Waals surface area (Å²) in [4.78, 5) is 12.9. The van der Waals surface area contributed by atoms with Gasteiger partial charge in [0.05, 0.1) is 6.10 Å². The van der Waals surface area contributed by atoms with Crippen LogP contribution in [0.5, 0.6) is 0 Å². The molecule has 0 unspecified atom stereocenters. The van der Waals surface area contributed by atoms with E-state index < -0.39 is 17.7 Å². The minimum Gasteiger partial charge on any atom is -0.390 e. The first kappa shape index (κ1) is 20.8. The lowest BCUT2D eigenvalue weighted by molar-refractivity contribution is 0.0293. The Morgan fingerprint density at radius 3 is 2.53 bits per heavy atom. The van der Waals surface area contributed by atoms with Crippen molar-refractivity contribution in [3.63, 3.8) is 0 Å². The highest BCUT2D eigenvalue weighted by atomic mass is 19.1. The van der Waals surface area contributed by atoms with Gasteiger partial charge < -0.3 is 15.3 Å². The molecule has 6 nitrogen and oxygen atoms in total. The number of halogens is 2. The largest absolute Gasteiger partial charge is 0.390 e. The number of benzene rings is 2. The van der Waals surface area contributed by atoms with Crippen LogP contribution < -0.4 is 10.2 Å². The van der Waals surface area contributed by atoms with E-state index in [0.717, 1.165) is 38.5 Å². The predicted octanol–water partition coefficient (Wildman–Crippen LogP) is 3.50. The summed E-state index contributed by atoms with van der Waals surface area (Å²) in [7, 11) is 0. The molecule has 8 heteroatoms. The third-order valence-corrected chi connectivity index (χ3v) is 6.29. The van der Waals surface area contributed by atoms with Gasteiger partial charge in [0.15, 0.2) is 0 Å². The van der Waals surface area contributed by atoms with Gasteiger partial charge in [-0.25, -0.2) is 18.7 Å². The number of anilines is 3. The second kappa shape index (κ2) is 8.80. The minimum absolute atomic E-state index is 0.106. The van der Waals surface area contributed by atoms with Gasteiger partial charge in [-0.2, -0.15) is 0 Å². The topological polar surface area (TPSA) is 64.5 Å². The Balaban J connectivity index is 1.25. The number of aliphatic hydroxyl groups excluding tert-OH is 1. The maximum absolute atomic E-state index is 13.5. The molecule has 0 saturated carbocycles. The van der Waals surface area contributed by atoms with Crippen molar-refractivity contribution in [3.05, 3.63) is 77.6 Å². The van der Waals surface area contributed by atoms with Gasteiger partial charge in [0.2, 0.25) is 0 Å². The fourth-order valence-corrected chi connectivity index (χ4v) is 4.72. The highest BCUT2D eigenvalue weighted by molar-refractivity contribution is 5.59. The normalized spacial score (nSPS) is 21.3. The zero-order valence-electron chi connectivity index (χ0n) is 17.6. The summed E-state index contributed by atoms with van der Waals surface area (Å²) in [5.41, 5.74) is 3.01. The van der Waals surface area contributed by atoms with Crippen LogP contribution in [0.2, 0.25) is 0 Å². The standard InChI is InChI=1S/C24H25F2N5O/c25-18-9-19(26)11-20(10-18)29-23-12-24(28-15-27-23)31-8-6-21(22(32)14-31)30-7-5-16-3-1-2-4-17(16)13-30/h1-4,9-12,15,21-22,32H,5-8,13-14H2,(H,27,28,29)/t21-,22-/m0/s1. The minimum atomic E-state index is -0.660. The third-order valence-electron chi connectivity index (χ3n) is 6.29. The molecule has 2 aromatic carbocycles. The van der Waals surface area contributed by atoms with Crippen molar-refractivity contribution in [1.29, 1.82) is 0 Å². The van der Waals surface area contributed by atoms with Gasteiger partial charge in [0.25, 0.3) is 0 Å². The lowest BCUT2D eigenvalue weighted by Crippen LogP contribution is -2.55. The van der Waals surface area contributed by atoms with Crippen LogP contribution in [0, 0.1) is 11.6 Å². The van der Waals surface area contributed by atoms with Crippen LogP contribution in [0.15, 0.2) is 54.9 Å². The first-order valence-corrected chi connectivity index (χ1v) is 10.8. The molecule has 0 aliphatic carbocycles. The molecule has 0 radical (unpaired) electrons. The molecule has 3 heterocycles. The lowest BCUT2D eigenvalue weighted by atomic mass is 9.94. The number of hydrogen-bond donors (Lipinski definition) is 2. The third kappa shape index (κ3) is 4.42. The molecule has 0 bridgehead atoms. The highest BCUT2D eigenvalue weighted by Crippen LogP contribution is 2.28. The van der Waals surface area contributed by atoms with E-state index in [-0.39, 0.29) is 11.7 Å². The molecule has 0 spiro atoms. The van der Waals surface area contributed by atoms with E-state index in [1.54, 1.807) is 6.07 Å². The van der Waals surface area contributed by atoms with Gasteiger partial charge in [0.1, 0.15) is 29.6 Å². The van der Waals surface area contributed by atoms with Crippen molar-refractivity contribution in [2.75, 3.05) is 29.9 Å². The zero-order chi connectivity index (χ0) is 22.1. The monoisotopic (exact) mass is 437 g/mol. The number of nitrogens with one attached hydrogen (secondary N) is 1. The zero-order valence-corrected chi connectivity index (χ0v) is 17.6. The Hall–Kier alpha value is -3.10. The summed E-state index contributed by atoms with van der Waals surface area (Å²) in [5.74, 6) is -0.218. The van der Waals surface area contributed by atoms with Gasteiger partial charge in [-0.05, 0) is 36.1 Å². The van der Waals surface area contributed by atoms with Gasteiger partial charge in [-0.15, -0.1) is 0 Å². The Morgan fingerprint density at radius 2 is 1.75 bits per heavy atom. The molecule has 166 valence electrons. The van der Waals surface area contributed by atoms with Gasteiger partial charge in [-0.1, -0.05) is 24.3 Å². The summed E-state index contributed by atoms with van der Waals surface area (Å²) in [6.45, 7) is 3.03. The summed E-state index contributed by atoms with van der Waals surface area (Å²) in [6.07, 6.45) is 2.74. The van der Waals surface area contributed by atoms with Crippen molar-refractivity contribution in [2.24, 2.45) is 0 Å². The van der Waals surface area contributed by atoms with E-state index in [1.807, 2.05) is 4.90 Å². The summed E-state index contributed by atoms with van der Waals surface area (Å²) >= 11 is 0. The molecule has 2 N–H and O–H groups in total. The fourth-order valence-electron chi connectivity index (χ4n) is 4.72. The van der Waals surface area contributed by atoms with Crippen molar-refractivity contribution >= 4 is 17.3 Å².